The van der Waals surface area contributed by atoms with Gasteiger partial charge in [-0.2, -0.15) is 11.8 Å². The molecular weight excluding hydrogens is 256 g/mol. The quantitative estimate of drug-likeness (QED) is 0.829. The van der Waals surface area contributed by atoms with Crippen molar-refractivity contribution in [2.24, 2.45) is 0 Å². The Balaban J connectivity index is 0.00000144. The lowest BCUT2D eigenvalue weighted by atomic mass is 9.92. The highest BCUT2D eigenvalue weighted by Gasteiger charge is 2.39. The molecule has 2 fully saturated rings. The molecule has 0 aromatic heterocycles. The molecule has 0 saturated carbocycles. The number of hydrogen-bond acceptors (Lipinski definition) is 3. The largest absolute Gasteiger partial charge is 0.352 e. The maximum atomic E-state index is 12.3. The lowest BCUT2D eigenvalue weighted by Crippen LogP contribution is -2.55. The Kier molecular flexibility index (Phi) is 6.10. The molecule has 17 heavy (non-hydrogen) atoms. The maximum absolute atomic E-state index is 12.3. The zero-order chi connectivity index (χ0) is 11.4. The van der Waals surface area contributed by atoms with Crippen molar-refractivity contribution in [3.8, 4) is 0 Å². The topological polar surface area (TPSA) is 41.1 Å². The van der Waals surface area contributed by atoms with Crippen LogP contribution in [0.2, 0.25) is 0 Å². The molecule has 2 aliphatic heterocycles. The smallest absolute Gasteiger partial charge is 0.240 e. The van der Waals surface area contributed by atoms with Gasteiger partial charge in [-0.3, -0.25) is 4.79 Å². The first-order valence-corrected chi connectivity index (χ1v) is 7.56. The fraction of sp³-hybridized carbons (Fsp3) is 0.917. The number of amides is 1. The van der Waals surface area contributed by atoms with Gasteiger partial charge in [-0.15, -0.1) is 12.4 Å². The van der Waals surface area contributed by atoms with Crippen LogP contribution in [0.15, 0.2) is 0 Å². The van der Waals surface area contributed by atoms with Crippen LogP contribution in [0.4, 0.5) is 0 Å². The van der Waals surface area contributed by atoms with Gasteiger partial charge in [-0.1, -0.05) is 6.92 Å². The van der Waals surface area contributed by atoms with Crippen LogP contribution in [0.3, 0.4) is 0 Å². The van der Waals surface area contributed by atoms with E-state index in [2.05, 4.69) is 17.6 Å². The lowest BCUT2D eigenvalue weighted by molar-refractivity contribution is -0.128. The van der Waals surface area contributed by atoms with E-state index >= 15 is 0 Å². The van der Waals surface area contributed by atoms with Crippen molar-refractivity contribution in [1.82, 2.24) is 10.6 Å². The minimum Gasteiger partial charge on any atom is -0.352 e. The average Bonchev–Trinajstić information content (AvgIpc) is 2.80. The van der Waals surface area contributed by atoms with E-state index in [1.807, 2.05) is 11.8 Å². The molecule has 3 nitrogen and oxygen atoms in total. The molecule has 1 atom stereocenters. The number of rotatable bonds is 3. The van der Waals surface area contributed by atoms with Gasteiger partial charge in [0.2, 0.25) is 5.91 Å². The molecule has 1 unspecified atom stereocenters. The van der Waals surface area contributed by atoms with Crippen LogP contribution in [0.25, 0.3) is 0 Å². The van der Waals surface area contributed by atoms with E-state index in [1.165, 1.54) is 11.5 Å². The summed E-state index contributed by atoms with van der Waals surface area (Å²) in [5, 5.41) is 6.63. The van der Waals surface area contributed by atoms with E-state index in [0.29, 0.717) is 6.04 Å². The van der Waals surface area contributed by atoms with Gasteiger partial charge in [-0.25, -0.2) is 0 Å². The number of carbonyl (C=O) groups excluding carboxylic acids is 1. The average molecular weight is 279 g/mol. The summed E-state index contributed by atoms with van der Waals surface area (Å²) in [7, 11) is 0. The summed E-state index contributed by atoms with van der Waals surface area (Å²) in [6.45, 7) is 3.09. The molecule has 5 heteroatoms. The minimum absolute atomic E-state index is 0. The van der Waals surface area contributed by atoms with Gasteiger partial charge < -0.3 is 10.6 Å². The maximum Gasteiger partial charge on any atom is 0.240 e. The van der Waals surface area contributed by atoms with Crippen molar-refractivity contribution in [2.75, 3.05) is 18.1 Å². The number of carbonyl (C=O) groups is 1. The minimum atomic E-state index is -0.259. The molecule has 2 N–H and O–H groups in total. The summed E-state index contributed by atoms with van der Waals surface area (Å²) in [6, 6.07) is 0.416. The normalized spacial score (nSPS) is 29.7. The number of thioether (sulfide) groups is 1. The Morgan fingerprint density at radius 2 is 2.18 bits per heavy atom. The molecule has 0 aliphatic carbocycles. The Morgan fingerprint density at radius 1 is 1.47 bits per heavy atom. The van der Waals surface area contributed by atoms with Crippen molar-refractivity contribution in [3.63, 3.8) is 0 Å². The predicted molar refractivity (Wildman–Crippen MR) is 76.0 cm³/mol. The third-order valence-corrected chi connectivity index (χ3v) is 4.89. The number of nitrogens with one attached hydrogen (secondary N) is 2. The lowest BCUT2D eigenvalue weighted by Gasteiger charge is -2.31. The summed E-state index contributed by atoms with van der Waals surface area (Å²) in [5.41, 5.74) is -0.259. The second-order valence-corrected chi connectivity index (χ2v) is 6.05. The molecule has 0 bridgehead atoms. The van der Waals surface area contributed by atoms with Gasteiger partial charge in [0, 0.05) is 6.04 Å². The summed E-state index contributed by atoms with van der Waals surface area (Å²) < 4.78 is 0. The highest BCUT2D eigenvalue weighted by Crippen LogP contribution is 2.24. The molecule has 2 rings (SSSR count). The SMILES string of the molecule is CCC1(C(=O)NC2CCSCC2)CCCN1.Cl. The van der Waals surface area contributed by atoms with Crippen LogP contribution < -0.4 is 10.6 Å². The fourth-order valence-electron chi connectivity index (χ4n) is 2.63. The third kappa shape index (κ3) is 3.52. The van der Waals surface area contributed by atoms with E-state index < -0.39 is 0 Å². The predicted octanol–water partition coefficient (Wildman–Crippen LogP) is 1.95. The van der Waals surface area contributed by atoms with Gasteiger partial charge in [0.1, 0.15) is 0 Å². The second kappa shape index (κ2) is 6.86. The van der Waals surface area contributed by atoms with Crippen LogP contribution in [-0.2, 0) is 4.79 Å². The molecule has 0 radical (unpaired) electrons. The zero-order valence-corrected chi connectivity index (χ0v) is 12.1. The van der Waals surface area contributed by atoms with Crippen LogP contribution >= 0.6 is 24.2 Å². The molecule has 2 heterocycles. The van der Waals surface area contributed by atoms with Crippen LogP contribution in [0, 0.1) is 0 Å². The van der Waals surface area contributed by atoms with Crippen LogP contribution in [0.5, 0.6) is 0 Å². The molecule has 2 aliphatic rings. The van der Waals surface area contributed by atoms with E-state index in [4.69, 9.17) is 0 Å². The Morgan fingerprint density at radius 3 is 2.71 bits per heavy atom. The molecular formula is C12H23ClN2OS. The third-order valence-electron chi connectivity index (χ3n) is 3.84. The Labute approximate surface area is 114 Å². The van der Waals surface area contributed by atoms with Crippen LogP contribution in [0.1, 0.15) is 39.0 Å². The Hall–Kier alpha value is 0.0700. The summed E-state index contributed by atoms with van der Waals surface area (Å²) in [6.07, 6.45) is 5.30. The Bertz CT molecular complexity index is 251. The van der Waals surface area contributed by atoms with Gasteiger partial charge in [0.05, 0.1) is 5.54 Å². The van der Waals surface area contributed by atoms with Crippen molar-refractivity contribution in [3.05, 3.63) is 0 Å². The molecule has 0 aromatic carbocycles. The molecule has 0 spiro atoms. The fourth-order valence-corrected chi connectivity index (χ4v) is 3.73. The molecule has 0 aromatic rings. The van der Waals surface area contributed by atoms with E-state index in [-0.39, 0.29) is 23.9 Å². The van der Waals surface area contributed by atoms with E-state index in [1.54, 1.807) is 0 Å². The highest BCUT2D eigenvalue weighted by atomic mass is 35.5. The van der Waals surface area contributed by atoms with E-state index in [9.17, 15) is 4.79 Å². The second-order valence-electron chi connectivity index (χ2n) is 4.83. The monoisotopic (exact) mass is 278 g/mol. The van der Waals surface area contributed by atoms with Crippen molar-refractivity contribution in [1.29, 1.82) is 0 Å². The molecule has 2 saturated heterocycles. The van der Waals surface area contributed by atoms with Gasteiger partial charge in [0.15, 0.2) is 0 Å². The first kappa shape index (κ1) is 15.1. The summed E-state index contributed by atoms with van der Waals surface area (Å²) in [5.74, 6) is 2.62. The summed E-state index contributed by atoms with van der Waals surface area (Å²) >= 11 is 2.00. The number of halogens is 1. The van der Waals surface area contributed by atoms with Gasteiger partial charge >= 0.3 is 0 Å². The molecule has 100 valence electrons. The zero-order valence-electron chi connectivity index (χ0n) is 10.5. The van der Waals surface area contributed by atoms with Crippen molar-refractivity contribution < 1.29 is 4.79 Å². The standard InChI is InChI=1S/C12H22N2OS.ClH/c1-2-12(6-3-7-13-12)11(15)14-10-4-8-16-9-5-10;/h10,13H,2-9H2,1H3,(H,14,15);1H. The molecule has 1 amide bonds. The number of hydrogen-bond donors (Lipinski definition) is 2. The highest BCUT2D eigenvalue weighted by molar-refractivity contribution is 7.99. The summed E-state index contributed by atoms with van der Waals surface area (Å²) in [4.78, 5) is 12.3. The van der Waals surface area contributed by atoms with Crippen molar-refractivity contribution >= 4 is 30.1 Å². The van der Waals surface area contributed by atoms with E-state index in [0.717, 1.165) is 38.6 Å². The first-order valence-electron chi connectivity index (χ1n) is 6.40. The van der Waals surface area contributed by atoms with Gasteiger partial charge in [0.25, 0.3) is 0 Å². The van der Waals surface area contributed by atoms with Crippen molar-refractivity contribution in [2.45, 2.75) is 50.6 Å². The van der Waals surface area contributed by atoms with Crippen LogP contribution in [-0.4, -0.2) is 35.5 Å². The van der Waals surface area contributed by atoms with Gasteiger partial charge in [-0.05, 0) is 50.2 Å². The first-order chi connectivity index (χ1) is 7.77.